The van der Waals surface area contributed by atoms with Gasteiger partial charge in [-0.1, -0.05) is 16.8 Å². The Labute approximate surface area is 110 Å². The van der Waals surface area contributed by atoms with E-state index in [9.17, 15) is 0 Å². The third kappa shape index (κ3) is 2.11. The maximum atomic E-state index is 5.79. The summed E-state index contributed by atoms with van der Waals surface area (Å²) in [5.74, 6) is 1.48. The average Bonchev–Trinajstić information content (AvgIpc) is 2.98. The molecule has 5 nitrogen and oxygen atoms in total. The molecular weight excluding hydrogens is 252 g/mol. The number of nitrogens with one attached hydrogen (secondary N) is 1. The second-order valence-electron chi connectivity index (χ2n) is 4.46. The van der Waals surface area contributed by atoms with E-state index >= 15 is 0 Å². The standard InChI is InChI=1S/C12H13ClN4O/c1-7-9(4-5-14-7)12-16-11(17-18-12)10-3-2-8(13)6-15-10/h2-3,6-7,9,14H,4-5H2,1H3. The minimum absolute atomic E-state index is 0.290. The van der Waals surface area contributed by atoms with Gasteiger partial charge in [-0.15, -0.1) is 0 Å². The predicted molar refractivity (Wildman–Crippen MR) is 67.4 cm³/mol. The van der Waals surface area contributed by atoms with E-state index < -0.39 is 0 Å². The van der Waals surface area contributed by atoms with E-state index in [1.54, 1.807) is 18.3 Å². The summed E-state index contributed by atoms with van der Waals surface area (Å²) >= 11 is 5.79. The first-order valence-electron chi connectivity index (χ1n) is 5.93. The Morgan fingerprint density at radius 3 is 3.00 bits per heavy atom. The molecule has 0 amide bonds. The summed E-state index contributed by atoms with van der Waals surface area (Å²) in [7, 11) is 0. The molecule has 1 saturated heterocycles. The van der Waals surface area contributed by atoms with Crippen molar-refractivity contribution < 1.29 is 4.52 Å². The van der Waals surface area contributed by atoms with Gasteiger partial charge in [-0.25, -0.2) is 0 Å². The fraction of sp³-hybridized carbons (Fsp3) is 0.417. The van der Waals surface area contributed by atoms with Crippen molar-refractivity contribution >= 4 is 11.6 Å². The Morgan fingerprint density at radius 2 is 2.33 bits per heavy atom. The molecule has 2 unspecified atom stereocenters. The second kappa shape index (κ2) is 4.66. The van der Waals surface area contributed by atoms with Gasteiger partial charge >= 0.3 is 0 Å². The van der Waals surface area contributed by atoms with Crippen molar-refractivity contribution in [2.24, 2.45) is 0 Å². The van der Waals surface area contributed by atoms with Gasteiger partial charge in [0.1, 0.15) is 5.69 Å². The lowest BCUT2D eigenvalue weighted by Gasteiger charge is -2.08. The Hall–Kier alpha value is -1.46. The number of hydrogen-bond acceptors (Lipinski definition) is 5. The first kappa shape index (κ1) is 11.6. The highest BCUT2D eigenvalue weighted by molar-refractivity contribution is 6.30. The van der Waals surface area contributed by atoms with Crippen LogP contribution in [0.25, 0.3) is 11.5 Å². The van der Waals surface area contributed by atoms with Crippen LogP contribution in [0.3, 0.4) is 0 Å². The van der Waals surface area contributed by atoms with Gasteiger partial charge in [0.25, 0.3) is 0 Å². The molecule has 2 aromatic rings. The lowest BCUT2D eigenvalue weighted by Crippen LogP contribution is -2.21. The molecule has 0 aromatic carbocycles. The molecule has 2 aromatic heterocycles. The summed E-state index contributed by atoms with van der Waals surface area (Å²) < 4.78 is 5.33. The van der Waals surface area contributed by atoms with Gasteiger partial charge in [-0.3, -0.25) is 4.98 Å². The monoisotopic (exact) mass is 264 g/mol. The fourth-order valence-electron chi connectivity index (χ4n) is 2.19. The van der Waals surface area contributed by atoms with Crippen LogP contribution in [0.1, 0.15) is 25.2 Å². The SMILES string of the molecule is CC1NCCC1c1nc(-c2ccc(Cl)cn2)no1. The van der Waals surface area contributed by atoms with E-state index in [1.165, 1.54) is 0 Å². The molecule has 0 radical (unpaired) electrons. The lowest BCUT2D eigenvalue weighted by molar-refractivity contribution is 0.345. The Bertz CT molecular complexity index is 539. The topological polar surface area (TPSA) is 63.8 Å². The smallest absolute Gasteiger partial charge is 0.231 e. The second-order valence-corrected chi connectivity index (χ2v) is 4.89. The molecule has 3 rings (SSSR count). The van der Waals surface area contributed by atoms with Crippen LogP contribution in [0, 0.1) is 0 Å². The highest BCUT2D eigenvalue weighted by atomic mass is 35.5. The molecule has 0 spiro atoms. The van der Waals surface area contributed by atoms with E-state index in [1.807, 2.05) is 0 Å². The van der Waals surface area contributed by atoms with Crippen LogP contribution in [-0.4, -0.2) is 27.7 Å². The van der Waals surface area contributed by atoms with Crippen molar-refractivity contribution in [2.45, 2.75) is 25.3 Å². The first-order chi connectivity index (χ1) is 8.74. The molecule has 0 bridgehead atoms. The molecule has 1 aliphatic heterocycles. The zero-order valence-corrected chi connectivity index (χ0v) is 10.7. The van der Waals surface area contributed by atoms with Crippen LogP contribution in [0.5, 0.6) is 0 Å². The van der Waals surface area contributed by atoms with Crippen LogP contribution >= 0.6 is 11.6 Å². The van der Waals surface area contributed by atoms with Crippen molar-refractivity contribution in [3.63, 3.8) is 0 Å². The van der Waals surface area contributed by atoms with E-state index in [4.69, 9.17) is 16.1 Å². The lowest BCUT2D eigenvalue weighted by atomic mass is 10.0. The minimum Gasteiger partial charge on any atom is -0.339 e. The minimum atomic E-state index is 0.290. The van der Waals surface area contributed by atoms with Gasteiger partial charge in [-0.05, 0) is 32.0 Å². The zero-order valence-electron chi connectivity index (χ0n) is 9.93. The van der Waals surface area contributed by atoms with Gasteiger partial charge < -0.3 is 9.84 Å². The largest absolute Gasteiger partial charge is 0.339 e. The zero-order chi connectivity index (χ0) is 12.5. The Balaban J connectivity index is 1.87. The number of aromatic nitrogens is 3. The number of pyridine rings is 1. The summed E-state index contributed by atoms with van der Waals surface area (Å²) in [4.78, 5) is 8.59. The molecule has 1 N–H and O–H groups in total. The van der Waals surface area contributed by atoms with E-state index in [2.05, 4.69) is 27.4 Å². The van der Waals surface area contributed by atoms with Crippen LogP contribution in [0.2, 0.25) is 5.02 Å². The Kier molecular flexibility index (Phi) is 3.01. The molecule has 1 fully saturated rings. The molecule has 2 atom stereocenters. The Morgan fingerprint density at radius 1 is 1.44 bits per heavy atom. The summed E-state index contributed by atoms with van der Waals surface area (Å²) in [6.45, 7) is 3.12. The number of hydrogen-bond donors (Lipinski definition) is 1. The highest BCUT2D eigenvalue weighted by Crippen LogP contribution is 2.27. The van der Waals surface area contributed by atoms with Gasteiger partial charge in [-0.2, -0.15) is 4.98 Å². The van der Waals surface area contributed by atoms with Gasteiger partial charge in [0.2, 0.25) is 11.7 Å². The summed E-state index contributed by atoms with van der Waals surface area (Å²) in [6, 6.07) is 3.92. The van der Waals surface area contributed by atoms with Gasteiger partial charge in [0, 0.05) is 12.2 Å². The molecule has 3 heterocycles. The van der Waals surface area contributed by atoms with Gasteiger partial charge in [0.15, 0.2) is 0 Å². The molecular formula is C12H13ClN4O. The van der Waals surface area contributed by atoms with Crippen molar-refractivity contribution in [1.29, 1.82) is 0 Å². The van der Waals surface area contributed by atoms with Crippen molar-refractivity contribution in [3.05, 3.63) is 29.2 Å². The normalized spacial score (nSPS) is 23.4. The molecule has 18 heavy (non-hydrogen) atoms. The van der Waals surface area contributed by atoms with Crippen LogP contribution in [-0.2, 0) is 0 Å². The van der Waals surface area contributed by atoms with Crippen molar-refractivity contribution in [1.82, 2.24) is 20.4 Å². The number of rotatable bonds is 2. The molecule has 0 saturated carbocycles. The van der Waals surface area contributed by atoms with E-state index in [0.717, 1.165) is 13.0 Å². The third-order valence-corrected chi connectivity index (χ3v) is 3.46. The third-order valence-electron chi connectivity index (χ3n) is 3.24. The predicted octanol–water partition coefficient (Wildman–Crippen LogP) is 2.25. The summed E-state index contributed by atoms with van der Waals surface area (Å²) in [5, 5.41) is 7.93. The average molecular weight is 265 g/mol. The van der Waals surface area contributed by atoms with Crippen LogP contribution < -0.4 is 5.32 Å². The van der Waals surface area contributed by atoms with Crippen LogP contribution in [0.15, 0.2) is 22.9 Å². The summed E-state index contributed by atoms with van der Waals surface area (Å²) in [6.07, 6.45) is 2.60. The van der Waals surface area contributed by atoms with Gasteiger partial charge in [0.05, 0.1) is 10.9 Å². The highest BCUT2D eigenvalue weighted by Gasteiger charge is 2.29. The van der Waals surface area contributed by atoms with Crippen LogP contribution in [0.4, 0.5) is 0 Å². The number of nitrogens with zero attached hydrogens (tertiary/aromatic N) is 3. The first-order valence-corrected chi connectivity index (χ1v) is 6.31. The van der Waals surface area contributed by atoms with Crippen molar-refractivity contribution in [3.8, 4) is 11.5 Å². The van der Waals surface area contributed by atoms with E-state index in [0.29, 0.717) is 34.4 Å². The molecule has 6 heteroatoms. The van der Waals surface area contributed by atoms with Crippen molar-refractivity contribution in [2.75, 3.05) is 6.54 Å². The number of halogens is 1. The molecule has 0 aliphatic carbocycles. The molecule has 1 aliphatic rings. The fourth-order valence-corrected chi connectivity index (χ4v) is 2.31. The quantitative estimate of drug-likeness (QED) is 0.901. The van der Waals surface area contributed by atoms with E-state index in [-0.39, 0.29) is 0 Å². The maximum absolute atomic E-state index is 5.79. The maximum Gasteiger partial charge on any atom is 0.231 e. The summed E-state index contributed by atoms with van der Waals surface area (Å²) in [5.41, 5.74) is 0.674. The molecule has 94 valence electrons.